The Balaban J connectivity index is 1.64. The molecular weight excluding hydrogens is 304 g/mol. The van der Waals surface area contributed by atoms with E-state index >= 15 is 0 Å². The maximum absolute atomic E-state index is 11.1. The van der Waals surface area contributed by atoms with E-state index in [0.29, 0.717) is 0 Å². The van der Waals surface area contributed by atoms with Gasteiger partial charge in [0.15, 0.2) is 0 Å². The SMILES string of the molecule is CC1N(CCc2ccc([N+](=O)[O-])cc2)CCC1(O)c1ccccc1. The second kappa shape index (κ2) is 6.71. The first-order valence-electron chi connectivity index (χ1n) is 8.26. The number of hydrogen-bond donors (Lipinski definition) is 1. The van der Waals surface area contributed by atoms with Crippen LogP contribution in [0.4, 0.5) is 5.69 Å². The van der Waals surface area contributed by atoms with E-state index in [0.717, 1.165) is 37.1 Å². The summed E-state index contributed by atoms with van der Waals surface area (Å²) in [7, 11) is 0. The largest absolute Gasteiger partial charge is 0.383 e. The predicted molar refractivity (Wildman–Crippen MR) is 92.8 cm³/mol. The molecular formula is C19H22N2O3. The van der Waals surface area contributed by atoms with Crippen molar-refractivity contribution in [2.24, 2.45) is 0 Å². The second-order valence-electron chi connectivity index (χ2n) is 6.43. The summed E-state index contributed by atoms with van der Waals surface area (Å²) >= 11 is 0. The number of non-ortho nitro benzene ring substituents is 1. The van der Waals surface area contributed by atoms with Crippen molar-refractivity contribution in [1.82, 2.24) is 4.90 Å². The van der Waals surface area contributed by atoms with Crippen molar-refractivity contribution < 1.29 is 10.0 Å². The lowest BCUT2D eigenvalue weighted by molar-refractivity contribution is -0.384. The van der Waals surface area contributed by atoms with Crippen LogP contribution in [0.2, 0.25) is 0 Å². The molecule has 0 saturated carbocycles. The molecule has 3 rings (SSSR count). The Morgan fingerprint density at radius 1 is 1.21 bits per heavy atom. The van der Waals surface area contributed by atoms with Gasteiger partial charge in [-0.3, -0.25) is 15.0 Å². The van der Waals surface area contributed by atoms with Gasteiger partial charge in [-0.05, 0) is 30.9 Å². The Hall–Kier alpha value is -2.24. The number of benzene rings is 2. The average molecular weight is 326 g/mol. The van der Waals surface area contributed by atoms with Crippen molar-refractivity contribution in [1.29, 1.82) is 0 Å². The highest BCUT2D eigenvalue weighted by Crippen LogP contribution is 2.37. The number of rotatable bonds is 5. The number of nitro benzene ring substituents is 1. The Morgan fingerprint density at radius 3 is 2.50 bits per heavy atom. The zero-order valence-electron chi connectivity index (χ0n) is 13.8. The molecule has 0 spiro atoms. The minimum absolute atomic E-state index is 0.0398. The molecule has 0 bridgehead atoms. The lowest BCUT2D eigenvalue weighted by atomic mass is 9.87. The summed E-state index contributed by atoms with van der Waals surface area (Å²) in [5.74, 6) is 0. The van der Waals surface area contributed by atoms with E-state index in [1.54, 1.807) is 12.1 Å². The number of likely N-dealkylation sites (tertiary alicyclic amines) is 1. The average Bonchev–Trinajstić information content (AvgIpc) is 2.90. The summed E-state index contributed by atoms with van der Waals surface area (Å²) in [6, 6.07) is 16.6. The van der Waals surface area contributed by atoms with Gasteiger partial charge >= 0.3 is 0 Å². The topological polar surface area (TPSA) is 66.6 Å². The van der Waals surface area contributed by atoms with Crippen LogP contribution in [-0.4, -0.2) is 34.1 Å². The van der Waals surface area contributed by atoms with E-state index in [2.05, 4.69) is 11.8 Å². The van der Waals surface area contributed by atoms with Crippen LogP contribution in [0, 0.1) is 10.1 Å². The van der Waals surface area contributed by atoms with Gasteiger partial charge in [0.25, 0.3) is 5.69 Å². The Bertz CT molecular complexity index is 702. The molecule has 1 aliphatic rings. The molecule has 1 aliphatic heterocycles. The molecule has 0 radical (unpaired) electrons. The minimum Gasteiger partial charge on any atom is -0.383 e. The maximum Gasteiger partial charge on any atom is 0.269 e. The van der Waals surface area contributed by atoms with Crippen molar-refractivity contribution in [3.05, 3.63) is 75.8 Å². The maximum atomic E-state index is 11.1. The van der Waals surface area contributed by atoms with Crippen LogP contribution in [0.25, 0.3) is 0 Å². The number of nitrogens with zero attached hydrogens (tertiary/aromatic N) is 2. The van der Waals surface area contributed by atoms with Crippen LogP contribution in [0.15, 0.2) is 54.6 Å². The summed E-state index contributed by atoms with van der Waals surface area (Å²) in [6.07, 6.45) is 1.53. The van der Waals surface area contributed by atoms with E-state index < -0.39 is 5.60 Å². The molecule has 1 saturated heterocycles. The normalized spacial score (nSPS) is 24.2. The van der Waals surface area contributed by atoms with Gasteiger partial charge in [-0.25, -0.2) is 0 Å². The monoisotopic (exact) mass is 326 g/mol. The summed E-state index contributed by atoms with van der Waals surface area (Å²) in [5.41, 5.74) is 1.35. The molecule has 1 N–H and O–H groups in total. The Labute approximate surface area is 141 Å². The fraction of sp³-hybridized carbons (Fsp3) is 0.368. The van der Waals surface area contributed by atoms with Crippen molar-refractivity contribution >= 4 is 5.69 Å². The van der Waals surface area contributed by atoms with E-state index in [-0.39, 0.29) is 16.7 Å². The first-order valence-corrected chi connectivity index (χ1v) is 8.26. The van der Waals surface area contributed by atoms with Gasteiger partial charge in [0.05, 0.1) is 4.92 Å². The van der Waals surface area contributed by atoms with E-state index in [1.165, 1.54) is 0 Å². The van der Waals surface area contributed by atoms with Crippen LogP contribution in [-0.2, 0) is 12.0 Å². The fourth-order valence-corrected chi connectivity index (χ4v) is 3.49. The number of aliphatic hydroxyl groups is 1. The highest BCUT2D eigenvalue weighted by atomic mass is 16.6. The highest BCUT2D eigenvalue weighted by molar-refractivity contribution is 5.33. The first kappa shape index (κ1) is 16.6. The zero-order chi connectivity index (χ0) is 17.2. The van der Waals surface area contributed by atoms with Gasteiger partial charge in [0, 0.05) is 31.3 Å². The van der Waals surface area contributed by atoms with Gasteiger partial charge in [-0.15, -0.1) is 0 Å². The standard InChI is InChI=1S/C19H22N2O3/c1-15-19(22,17-5-3-2-4-6-17)12-14-20(15)13-11-16-7-9-18(10-8-16)21(23)24/h2-10,15,22H,11-14H2,1H3. The van der Waals surface area contributed by atoms with Gasteiger partial charge in [0.2, 0.25) is 0 Å². The molecule has 0 amide bonds. The molecule has 24 heavy (non-hydrogen) atoms. The Morgan fingerprint density at radius 2 is 1.88 bits per heavy atom. The van der Waals surface area contributed by atoms with E-state index in [9.17, 15) is 15.2 Å². The molecule has 5 heteroatoms. The summed E-state index contributed by atoms with van der Waals surface area (Å²) in [6.45, 7) is 3.74. The Kier molecular flexibility index (Phi) is 4.64. The van der Waals surface area contributed by atoms with Crippen molar-refractivity contribution in [3.8, 4) is 0 Å². The predicted octanol–water partition coefficient (Wildman–Crippen LogP) is 3.12. The molecule has 2 unspecified atom stereocenters. The molecule has 1 fully saturated rings. The molecule has 0 aromatic heterocycles. The molecule has 0 aliphatic carbocycles. The zero-order valence-corrected chi connectivity index (χ0v) is 13.8. The van der Waals surface area contributed by atoms with Crippen LogP contribution < -0.4 is 0 Å². The van der Waals surface area contributed by atoms with Gasteiger partial charge < -0.3 is 5.11 Å². The van der Waals surface area contributed by atoms with Crippen molar-refractivity contribution in [2.45, 2.75) is 31.4 Å². The molecule has 2 aromatic rings. The summed E-state index contributed by atoms with van der Waals surface area (Å²) in [4.78, 5) is 12.6. The molecule has 1 heterocycles. The summed E-state index contributed by atoms with van der Waals surface area (Å²) < 4.78 is 0. The van der Waals surface area contributed by atoms with Gasteiger partial charge in [-0.1, -0.05) is 42.5 Å². The van der Waals surface area contributed by atoms with Crippen LogP contribution in [0.1, 0.15) is 24.5 Å². The molecule has 126 valence electrons. The quantitative estimate of drug-likeness (QED) is 0.677. The number of hydrogen-bond acceptors (Lipinski definition) is 4. The van der Waals surface area contributed by atoms with Gasteiger partial charge in [-0.2, -0.15) is 0 Å². The minimum atomic E-state index is -0.809. The highest BCUT2D eigenvalue weighted by Gasteiger charge is 2.44. The number of nitro groups is 1. The molecule has 2 atom stereocenters. The lowest BCUT2D eigenvalue weighted by Crippen LogP contribution is -2.41. The summed E-state index contributed by atoms with van der Waals surface area (Å²) in [5, 5.41) is 21.8. The molecule has 5 nitrogen and oxygen atoms in total. The van der Waals surface area contributed by atoms with E-state index in [1.807, 2.05) is 42.5 Å². The van der Waals surface area contributed by atoms with Gasteiger partial charge in [0.1, 0.15) is 5.60 Å². The lowest BCUT2D eigenvalue weighted by Gasteiger charge is -2.32. The molecule has 2 aromatic carbocycles. The van der Waals surface area contributed by atoms with Crippen LogP contribution in [0.3, 0.4) is 0 Å². The first-order chi connectivity index (χ1) is 11.5. The third-order valence-electron chi connectivity index (χ3n) is 5.13. The van der Waals surface area contributed by atoms with Crippen molar-refractivity contribution in [2.75, 3.05) is 13.1 Å². The third-order valence-corrected chi connectivity index (χ3v) is 5.13. The van der Waals surface area contributed by atoms with E-state index in [4.69, 9.17) is 0 Å². The third kappa shape index (κ3) is 3.18. The van der Waals surface area contributed by atoms with Crippen LogP contribution in [0.5, 0.6) is 0 Å². The second-order valence-corrected chi connectivity index (χ2v) is 6.43. The smallest absolute Gasteiger partial charge is 0.269 e. The van der Waals surface area contributed by atoms with Crippen LogP contribution >= 0.6 is 0 Å². The fourth-order valence-electron chi connectivity index (χ4n) is 3.49. The van der Waals surface area contributed by atoms with Crippen molar-refractivity contribution in [3.63, 3.8) is 0 Å².